The Hall–Kier alpha value is -1.30. The van der Waals surface area contributed by atoms with Crippen molar-refractivity contribution in [1.29, 1.82) is 0 Å². The molecule has 5 nitrogen and oxygen atoms in total. The van der Waals surface area contributed by atoms with Crippen molar-refractivity contribution in [2.45, 2.75) is 4.95 Å². The third kappa shape index (κ3) is 1.33. The minimum Gasteiger partial charge on any atom is -0.258 e. The van der Waals surface area contributed by atoms with Gasteiger partial charge in [-0.05, 0) is 6.07 Å². The van der Waals surface area contributed by atoms with Gasteiger partial charge in [-0.1, -0.05) is 15.9 Å². The Balaban J connectivity index is 2.50. The number of nitro benzene ring substituents is 1. The highest BCUT2D eigenvalue weighted by Gasteiger charge is 2.20. The van der Waals surface area contributed by atoms with Gasteiger partial charge in [0.25, 0.3) is 5.69 Å². The summed E-state index contributed by atoms with van der Waals surface area (Å²) in [6, 6.07) is 4.52. The molecule has 0 bridgehead atoms. The summed E-state index contributed by atoms with van der Waals surface area (Å²) in [6.45, 7) is 0. The van der Waals surface area contributed by atoms with Gasteiger partial charge in [-0.2, -0.15) is 10.2 Å². The summed E-state index contributed by atoms with van der Waals surface area (Å²) in [5.41, 5.74) is 1.47. The summed E-state index contributed by atoms with van der Waals surface area (Å²) in [4.78, 5) is 9.79. The molecule has 13 heavy (non-hydrogen) atoms. The predicted molar refractivity (Wildman–Crippen MR) is 49.3 cm³/mol. The van der Waals surface area contributed by atoms with Crippen LogP contribution in [0.4, 0.5) is 11.4 Å². The number of halogens is 1. The molecule has 0 aliphatic carbocycles. The molecule has 0 N–H and O–H groups in total. The Morgan fingerprint density at radius 2 is 2.31 bits per heavy atom. The maximum atomic E-state index is 10.4. The fraction of sp³-hybridized carbons (Fsp3) is 0.143. The molecule has 0 spiro atoms. The quantitative estimate of drug-likeness (QED) is 0.328. The van der Waals surface area contributed by atoms with Crippen molar-refractivity contribution in [3.63, 3.8) is 0 Å². The first-order valence-electron chi connectivity index (χ1n) is 3.52. The lowest BCUT2D eigenvalue weighted by Crippen LogP contribution is -1.88. The molecular weight excluding hydrogens is 238 g/mol. The average molecular weight is 242 g/mol. The Kier molecular flexibility index (Phi) is 1.84. The van der Waals surface area contributed by atoms with E-state index in [1.165, 1.54) is 12.1 Å². The highest BCUT2D eigenvalue weighted by atomic mass is 79.9. The van der Waals surface area contributed by atoms with E-state index < -0.39 is 4.92 Å². The van der Waals surface area contributed by atoms with Gasteiger partial charge in [0.2, 0.25) is 0 Å². The van der Waals surface area contributed by atoms with Gasteiger partial charge < -0.3 is 0 Å². The molecule has 0 unspecified atom stereocenters. The van der Waals surface area contributed by atoms with E-state index in [2.05, 4.69) is 26.2 Å². The maximum Gasteiger partial charge on any atom is 0.271 e. The lowest BCUT2D eigenvalue weighted by atomic mass is 10.2. The zero-order valence-corrected chi connectivity index (χ0v) is 7.93. The molecule has 1 aliphatic heterocycles. The number of nitro groups is 1. The summed E-state index contributed by atoms with van der Waals surface area (Å²) in [5, 5.41) is 18.0. The fourth-order valence-corrected chi connectivity index (χ4v) is 1.59. The number of fused-ring (bicyclic) bond motifs is 1. The van der Waals surface area contributed by atoms with E-state index in [9.17, 15) is 10.1 Å². The third-order valence-corrected chi connectivity index (χ3v) is 2.42. The van der Waals surface area contributed by atoms with E-state index >= 15 is 0 Å². The van der Waals surface area contributed by atoms with E-state index in [0.29, 0.717) is 5.69 Å². The highest BCUT2D eigenvalue weighted by molar-refractivity contribution is 9.09. The van der Waals surface area contributed by atoms with Gasteiger partial charge in [0.1, 0.15) is 0 Å². The van der Waals surface area contributed by atoms with Crippen LogP contribution in [0.15, 0.2) is 28.4 Å². The van der Waals surface area contributed by atoms with Crippen LogP contribution in [0.25, 0.3) is 0 Å². The van der Waals surface area contributed by atoms with Crippen LogP contribution in [0.3, 0.4) is 0 Å². The second kappa shape index (κ2) is 2.88. The molecule has 0 fully saturated rings. The van der Waals surface area contributed by atoms with Crippen molar-refractivity contribution in [3.05, 3.63) is 33.9 Å². The number of non-ortho nitro benzene ring substituents is 1. The minimum atomic E-state index is -0.447. The average Bonchev–Trinajstić information content (AvgIpc) is 2.47. The zero-order chi connectivity index (χ0) is 9.42. The van der Waals surface area contributed by atoms with Gasteiger partial charge >= 0.3 is 0 Å². The van der Waals surface area contributed by atoms with Crippen molar-refractivity contribution < 1.29 is 4.92 Å². The van der Waals surface area contributed by atoms with Crippen LogP contribution in [0.2, 0.25) is 0 Å². The summed E-state index contributed by atoms with van der Waals surface area (Å²) in [5.74, 6) is 0. The van der Waals surface area contributed by atoms with Crippen LogP contribution in [-0.2, 0) is 0 Å². The monoisotopic (exact) mass is 241 g/mol. The van der Waals surface area contributed by atoms with E-state index in [-0.39, 0.29) is 10.6 Å². The standard InChI is InChI=1S/C7H4BrN3O2/c8-7-5-2-1-4(11(12)13)3-6(5)9-10-7/h1-3,7H/t7-/m1/s1. The molecule has 0 aromatic heterocycles. The van der Waals surface area contributed by atoms with Crippen molar-refractivity contribution in [1.82, 2.24) is 0 Å². The van der Waals surface area contributed by atoms with Gasteiger partial charge in [0.05, 0.1) is 10.6 Å². The molecule has 1 atom stereocenters. The van der Waals surface area contributed by atoms with E-state index in [4.69, 9.17) is 0 Å². The molecule has 2 rings (SSSR count). The largest absolute Gasteiger partial charge is 0.271 e. The van der Waals surface area contributed by atoms with Crippen LogP contribution in [0.1, 0.15) is 10.5 Å². The second-order valence-electron chi connectivity index (χ2n) is 2.55. The Bertz CT molecular complexity index is 405. The van der Waals surface area contributed by atoms with Crippen LogP contribution >= 0.6 is 15.9 Å². The summed E-state index contributed by atoms with van der Waals surface area (Å²) >= 11 is 3.27. The predicted octanol–water partition coefficient (Wildman–Crippen LogP) is 3.09. The number of benzene rings is 1. The Morgan fingerprint density at radius 3 is 3.00 bits per heavy atom. The molecule has 0 saturated carbocycles. The van der Waals surface area contributed by atoms with Gasteiger partial charge in [0.15, 0.2) is 4.95 Å². The third-order valence-electron chi connectivity index (χ3n) is 1.75. The molecule has 1 aromatic carbocycles. The van der Waals surface area contributed by atoms with Crippen LogP contribution in [0, 0.1) is 10.1 Å². The van der Waals surface area contributed by atoms with E-state index in [0.717, 1.165) is 5.56 Å². The number of hydrogen-bond donors (Lipinski definition) is 0. The number of rotatable bonds is 1. The Labute approximate surface area is 81.8 Å². The number of azo groups is 1. The number of nitrogens with zero attached hydrogens (tertiary/aromatic N) is 3. The first-order valence-corrected chi connectivity index (χ1v) is 4.43. The highest BCUT2D eigenvalue weighted by Crippen LogP contribution is 2.40. The summed E-state index contributed by atoms with van der Waals surface area (Å²) in [6.07, 6.45) is 0. The van der Waals surface area contributed by atoms with Crippen LogP contribution < -0.4 is 0 Å². The number of alkyl halides is 1. The van der Waals surface area contributed by atoms with Gasteiger partial charge in [-0.3, -0.25) is 10.1 Å². The molecule has 0 saturated heterocycles. The molecule has 6 heteroatoms. The first kappa shape index (κ1) is 8.31. The maximum absolute atomic E-state index is 10.4. The van der Waals surface area contributed by atoms with Crippen LogP contribution in [0.5, 0.6) is 0 Å². The smallest absolute Gasteiger partial charge is 0.258 e. The van der Waals surface area contributed by atoms with Gasteiger partial charge in [-0.25, -0.2) is 0 Å². The van der Waals surface area contributed by atoms with E-state index in [1.54, 1.807) is 6.07 Å². The van der Waals surface area contributed by atoms with Crippen molar-refractivity contribution in [2.75, 3.05) is 0 Å². The molecular formula is C7H4BrN3O2. The lowest BCUT2D eigenvalue weighted by Gasteiger charge is -1.97. The van der Waals surface area contributed by atoms with Crippen molar-refractivity contribution >= 4 is 27.3 Å². The van der Waals surface area contributed by atoms with Crippen molar-refractivity contribution in [3.8, 4) is 0 Å². The van der Waals surface area contributed by atoms with Gasteiger partial charge in [-0.15, -0.1) is 0 Å². The fourth-order valence-electron chi connectivity index (χ4n) is 1.11. The topological polar surface area (TPSA) is 67.9 Å². The van der Waals surface area contributed by atoms with Crippen molar-refractivity contribution in [2.24, 2.45) is 10.2 Å². The SMILES string of the molecule is O=[N+]([O-])c1ccc2c(c1)N=N[C@H]2Br. The molecule has 0 radical (unpaired) electrons. The Morgan fingerprint density at radius 1 is 1.54 bits per heavy atom. The normalized spacial score (nSPS) is 18.7. The molecule has 1 heterocycles. The van der Waals surface area contributed by atoms with E-state index in [1.807, 2.05) is 0 Å². The molecule has 1 aromatic rings. The second-order valence-corrected chi connectivity index (χ2v) is 3.42. The summed E-state index contributed by atoms with van der Waals surface area (Å²) in [7, 11) is 0. The lowest BCUT2D eigenvalue weighted by molar-refractivity contribution is -0.384. The molecule has 0 amide bonds. The minimum absolute atomic E-state index is 0.0410. The van der Waals surface area contributed by atoms with Crippen LogP contribution in [-0.4, -0.2) is 4.92 Å². The van der Waals surface area contributed by atoms with Gasteiger partial charge in [0, 0.05) is 17.7 Å². The first-order chi connectivity index (χ1) is 6.18. The zero-order valence-electron chi connectivity index (χ0n) is 6.35. The molecule has 1 aliphatic rings. The molecule has 66 valence electrons. The summed E-state index contributed by atoms with van der Waals surface area (Å²) < 4.78 is 0. The number of hydrogen-bond acceptors (Lipinski definition) is 4.